The van der Waals surface area contributed by atoms with Gasteiger partial charge in [0.05, 0.1) is 11.1 Å². The van der Waals surface area contributed by atoms with Crippen LogP contribution in [-0.2, 0) is 9.84 Å². The average molecular weight is 279 g/mol. The number of halogens is 1. The predicted octanol–water partition coefficient (Wildman–Crippen LogP) is 2.40. The van der Waals surface area contributed by atoms with Crippen molar-refractivity contribution in [2.75, 3.05) is 5.75 Å². The fourth-order valence-corrected chi connectivity index (χ4v) is 3.83. The van der Waals surface area contributed by atoms with Gasteiger partial charge >= 0.3 is 0 Å². The summed E-state index contributed by atoms with van der Waals surface area (Å²) in [7, 11) is -3.14. The molecule has 1 fully saturated rings. The summed E-state index contributed by atoms with van der Waals surface area (Å²) in [6.45, 7) is 1.91. The van der Waals surface area contributed by atoms with E-state index in [2.05, 4.69) is 10.1 Å². The van der Waals surface area contributed by atoms with Crippen LogP contribution in [0.25, 0.3) is 0 Å². The van der Waals surface area contributed by atoms with E-state index >= 15 is 0 Å². The third-order valence-corrected chi connectivity index (χ3v) is 5.62. The van der Waals surface area contributed by atoms with Crippen LogP contribution in [0, 0.1) is 0 Å². The summed E-state index contributed by atoms with van der Waals surface area (Å²) in [4.78, 5) is 4.11. The summed E-state index contributed by atoms with van der Waals surface area (Å²) in [6.07, 6.45) is 2.83. The molecule has 0 N–H and O–H groups in total. The summed E-state index contributed by atoms with van der Waals surface area (Å²) in [5.41, 5.74) is 0. The fourth-order valence-electron chi connectivity index (χ4n) is 1.92. The molecule has 0 bridgehead atoms. The highest BCUT2D eigenvalue weighted by Crippen LogP contribution is 2.33. The van der Waals surface area contributed by atoms with Gasteiger partial charge in [0.15, 0.2) is 15.7 Å². The minimum atomic E-state index is -3.14. The summed E-state index contributed by atoms with van der Waals surface area (Å²) in [6, 6.07) is 0. The predicted molar refractivity (Wildman–Crippen MR) is 63.6 cm³/mol. The second-order valence-corrected chi connectivity index (χ2v) is 7.05. The zero-order valence-corrected chi connectivity index (χ0v) is 11.2. The van der Waals surface area contributed by atoms with Crippen LogP contribution in [0.15, 0.2) is 4.52 Å². The number of nitrogens with zero attached hydrogens (tertiary/aromatic N) is 2. The van der Waals surface area contributed by atoms with Crippen LogP contribution >= 0.6 is 11.6 Å². The Hall–Kier alpha value is -0.620. The number of hydrogen-bond acceptors (Lipinski definition) is 5. The fraction of sp³-hybridized carbons (Fsp3) is 0.800. The van der Waals surface area contributed by atoms with E-state index in [9.17, 15) is 8.42 Å². The molecule has 2 atom stereocenters. The van der Waals surface area contributed by atoms with Crippen molar-refractivity contribution in [2.24, 2.45) is 0 Å². The standard InChI is InChI=1S/C10H15ClN2O3S/c1-2-7(11)9-12-10(16-13-9)8-5-3-4-6-17(8,14)15/h7-8H,2-6H2,1H3. The highest BCUT2D eigenvalue weighted by atomic mass is 35.5. The van der Waals surface area contributed by atoms with Crippen molar-refractivity contribution in [3.05, 3.63) is 11.7 Å². The monoisotopic (exact) mass is 278 g/mol. The van der Waals surface area contributed by atoms with Gasteiger partial charge in [-0.3, -0.25) is 0 Å². The van der Waals surface area contributed by atoms with E-state index in [0.717, 1.165) is 6.42 Å². The zero-order valence-electron chi connectivity index (χ0n) is 9.60. The highest BCUT2D eigenvalue weighted by Gasteiger charge is 2.35. The molecule has 1 aromatic rings. The van der Waals surface area contributed by atoms with Gasteiger partial charge in [0.2, 0.25) is 5.89 Å². The molecule has 17 heavy (non-hydrogen) atoms. The molecule has 0 saturated carbocycles. The molecule has 96 valence electrons. The third-order valence-electron chi connectivity index (χ3n) is 2.95. The number of aromatic nitrogens is 2. The zero-order chi connectivity index (χ0) is 12.5. The summed E-state index contributed by atoms with van der Waals surface area (Å²) < 4.78 is 28.8. The first-order chi connectivity index (χ1) is 8.04. The van der Waals surface area contributed by atoms with E-state index in [1.807, 2.05) is 6.92 Å². The molecule has 1 aliphatic rings. The van der Waals surface area contributed by atoms with E-state index in [0.29, 0.717) is 25.1 Å². The van der Waals surface area contributed by atoms with Crippen LogP contribution < -0.4 is 0 Å². The minimum absolute atomic E-state index is 0.193. The largest absolute Gasteiger partial charge is 0.338 e. The van der Waals surface area contributed by atoms with E-state index in [-0.39, 0.29) is 17.0 Å². The Bertz CT molecular complexity index is 485. The molecule has 1 aliphatic heterocycles. The Morgan fingerprint density at radius 1 is 1.53 bits per heavy atom. The Balaban J connectivity index is 2.25. The van der Waals surface area contributed by atoms with E-state index in [1.165, 1.54) is 0 Å². The lowest BCUT2D eigenvalue weighted by atomic mass is 10.2. The molecular weight excluding hydrogens is 264 g/mol. The first kappa shape index (κ1) is 12.8. The number of rotatable bonds is 3. The molecule has 0 radical (unpaired) electrons. The Morgan fingerprint density at radius 2 is 2.29 bits per heavy atom. The van der Waals surface area contributed by atoms with Crippen LogP contribution in [0.5, 0.6) is 0 Å². The highest BCUT2D eigenvalue weighted by molar-refractivity contribution is 7.91. The smallest absolute Gasteiger partial charge is 0.245 e. The molecule has 0 aliphatic carbocycles. The summed E-state index contributed by atoms with van der Waals surface area (Å²) >= 11 is 5.98. The Morgan fingerprint density at radius 3 is 2.94 bits per heavy atom. The van der Waals surface area contributed by atoms with Crippen molar-refractivity contribution < 1.29 is 12.9 Å². The summed E-state index contributed by atoms with van der Waals surface area (Å²) in [5.74, 6) is 0.775. The van der Waals surface area contributed by atoms with Gasteiger partial charge in [-0.1, -0.05) is 18.5 Å². The molecule has 2 rings (SSSR count). The van der Waals surface area contributed by atoms with E-state index in [1.54, 1.807) is 0 Å². The van der Waals surface area contributed by atoms with Crippen molar-refractivity contribution in [3.63, 3.8) is 0 Å². The topological polar surface area (TPSA) is 73.1 Å². The third kappa shape index (κ3) is 2.63. The number of sulfone groups is 1. The Kier molecular flexibility index (Phi) is 3.73. The Labute approximate surface area is 105 Å². The van der Waals surface area contributed by atoms with Gasteiger partial charge in [0.1, 0.15) is 5.25 Å². The lowest BCUT2D eigenvalue weighted by Gasteiger charge is -2.18. The molecule has 5 nitrogen and oxygen atoms in total. The SMILES string of the molecule is CCC(Cl)c1noc(C2CCCCS2(=O)=O)n1. The van der Waals surface area contributed by atoms with Gasteiger partial charge in [0, 0.05) is 0 Å². The van der Waals surface area contributed by atoms with Crippen molar-refractivity contribution in [1.82, 2.24) is 10.1 Å². The van der Waals surface area contributed by atoms with Crippen LogP contribution in [0.1, 0.15) is 54.9 Å². The first-order valence-corrected chi connectivity index (χ1v) is 7.89. The second-order valence-electron chi connectivity index (χ2n) is 4.22. The lowest BCUT2D eigenvalue weighted by molar-refractivity contribution is 0.358. The van der Waals surface area contributed by atoms with Crippen LogP contribution in [0.2, 0.25) is 0 Å². The molecule has 0 amide bonds. The molecule has 2 heterocycles. The molecular formula is C10H15ClN2O3S. The van der Waals surface area contributed by atoms with E-state index < -0.39 is 15.1 Å². The maximum absolute atomic E-state index is 11.9. The van der Waals surface area contributed by atoms with Crippen LogP contribution in [0.3, 0.4) is 0 Å². The van der Waals surface area contributed by atoms with Gasteiger partial charge in [-0.25, -0.2) is 8.42 Å². The average Bonchev–Trinajstić information content (AvgIpc) is 2.76. The van der Waals surface area contributed by atoms with Gasteiger partial charge in [-0.15, -0.1) is 11.6 Å². The minimum Gasteiger partial charge on any atom is -0.338 e. The molecule has 1 aromatic heterocycles. The van der Waals surface area contributed by atoms with Gasteiger partial charge in [-0.05, 0) is 19.3 Å². The van der Waals surface area contributed by atoms with Crippen LogP contribution in [0.4, 0.5) is 0 Å². The maximum Gasteiger partial charge on any atom is 0.245 e. The van der Waals surface area contributed by atoms with Crippen molar-refractivity contribution in [1.29, 1.82) is 0 Å². The van der Waals surface area contributed by atoms with Gasteiger partial charge in [-0.2, -0.15) is 4.98 Å². The quantitative estimate of drug-likeness (QED) is 0.794. The van der Waals surface area contributed by atoms with Crippen molar-refractivity contribution in [2.45, 2.75) is 43.2 Å². The van der Waals surface area contributed by atoms with Crippen LogP contribution in [-0.4, -0.2) is 24.3 Å². The lowest BCUT2D eigenvalue weighted by Crippen LogP contribution is -2.21. The molecule has 2 unspecified atom stereocenters. The first-order valence-electron chi connectivity index (χ1n) is 5.73. The number of hydrogen-bond donors (Lipinski definition) is 0. The maximum atomic E-state index is 11.9. The molecule has 1 saturated heterocycles. The molecule has 0 spiro atoms. The number of alkyl halides is 1. The second kappa shape index (κ2) is 4.94. The normalized spacial score (nSPS) is 25.6. The molecule has 0 aromatic carbocycles. The molecule has 7 heteroatoms. The van der Waals surface area contributed by atoms with Gasteiger partial charge in [0.25, 0.3) is 0 Å². The van der Waals surface area contributed by atoms with Crippen molar-refractivity contribution >= 4 is 21.4 Å². The van der Waals surface area contributed by atoms with Gasteiger partial charge < -0.3 is 4.52 Å². The summed E-state index contributed by atoms with van der Waals surface area (Å²) in [5, 5.41) is 2.78. The van der Waals surface area contributed by atoms with Crippen molar-refractivity contribution in [3.8, 4) is 0 Å². The van der Waals surface area contributed by atoms with E-state index in [4.69, 9.17) is 16.1 Å².